The van der Waals surface area contributed by atoms with E-state index >= 15 is 0 Å². The van der Waals surface area contributed by atoms with Crippen LogP contribution in [0.1, 0.15) is 44.0 Å². The van der Waals surface area contributed by atoms with E-state index in [4.69, 9.17) is 0 Å². The van der Waals surface area contributed by atoms with Crippen LogP contribution in [0.2, 0.25) is 0 Å². The number of carbonyl (C=O) groups is 2. The number of nitrogens with one attached hydrogen (secondary N) is 2. The minimum absolute atomic E-state index is 0.124. The molecule has 0 saturated carbocycles. The van der Waals surface area contributed by atoms with Crippen molar-refractivity contribution < 1.29 is 9.59 Å². The predicted octanol–water partition coefficient (Wildman–Crippen LogP) is 3.72. The van der Waals surface area contributed by atoms with E-state index in [-0.39, 0.29) is 17.5 Å². The molecule has 2 N–H and O–H groups in total. The highest BCUT2D eigenvalue weighted by atomic mass is 32.1. The normalized spacial score (nSPS) is 13.0. The second-order valence-electron chi connectivity index (χ2n) is 8.17. The molecule has 3 heterocycles. The van der Waals surface area contributed by atoms with Crippen LogP contribution in [0, 0.1) is 0 Å². The van der Waals surface area contributed by atoms with Crippen LogP contribution >= 0.6 is 11.3 Å². The van der Waals surface area contributed by atoms with E-state index in [2.05, 4.69) is 15.6 Å². The first-order valence-electron chi connectivity index (χ1n) is 10.8. The third-order valence-corrected chi connectivity index (χ3v) is 7.29. The van der Waals surface area contributed by atoms with Crippen LogP contribution in [0.4, 0.5) is 10.7 Å². The Morgan fingerprint density at radius 1 is 1.00 bits per heavy atom. The number of amides is 2. The number of imidazole rings is 1. The maximum atomic E-state index is 13.4. The summed E-state index contributed by atoms with van der Waals surface area (Å²) >= 11 is 1.47. The fraction of sp³-hybridized carbons (Fsp3) is 0.250. The smallest absolute Gasteiger partial charge is 0.322 e. The first kappa shape index (κ1) is 21.1. The van der Waals surface area contributed by atoms with Gasteiger partial charge in [0.05, 0.1) is 22.2 Å². The van der Waals surface area contributed by atoms with Crippen molar-refractivity contribution in [2.24, 2.45) is 14.1 Å². The van der Waals surface area contributed by atoms with Crippen LogP contribution in [0.25, 0.3) is 11.0 Å². The van der Waals surface area contributed by atoms with E-state index in [9.17, 15) is 14.4 Å². The molecule has 0 radical (unpaired) electrons. The molecule has 0 spiro atoms. The van der Waals surface area contributed by atoms with E-state index in [1.807, 2.05) is 6.07 Å². The molecule has 5 rings (SSSR count). The molecule has 0 saturated heterocycles. The van der Waals surface area contributed by atoms with Gasteiger partial charge in [0.1, 0.15) is 5.00 Å². The number of fused-ring (bicyclic) bond motifs is 2. The van der Waals surface area contributed by atoms with Gasteiger partial charge in [-0.25, -0.2) is 4.79 Å². The zero-order chi connectivity index (χ0) is 23.1. The van der Waals surface area contributed by atoms with Gasteiger partial charge < -0.3 is 10.6 Å². The largest absolute Gasteiger partial charge is 0.328 e. The van der Waals surface area contributed by atoms with Crippen molar-refractivity contribution in [3.8, 4) is 0 Å². The van der Waals surface area contributed by atoms with Crippen LogP contribution in [0.15, 0.2) is 47.5 Å². The molecular formula is C24H23N5O3S. The second-order valence-corrected chi connectivity index (χ2v) is 9.27. The highest BCUT2D eigenvalue weighted by Gasteiger charge is 2.27. The van der Waals surface area contributed by atoms with Crippen LogP contribution in [0.5, 0.6) is 0 Å². The molecular weight excluding hydrogens is 438 g/mol. The highest BCUT2D eigenvalue weighted by molar-refractivity contribution is 7.17. The fourth-order valence-corrected chi connectivity index (χ4v) is 5.63. The number of hydrogen-bond acceptors (Lipinski definition) is 5. The first-order valence-corrected chi connectivity index (χ1v) is 11.6. The van der Waals surface area contributed by atoms with Gasteiger partial charge in [-0.3, -0.25) is 23.7 Å². The zero-order valence-electron chi connectivity index (χ0n) is 18.3. The number of pyridine rings is 1. The van der Waals surface area contributed by atoms with Crippen LogP contribution in [-0.4, -0.2) is 25.9 Å². The molecule has 168 valence electrons. The van der Waals surface area contributed by atoms with E-state index in [1.54, 1.807) is 53.7 Å². The van der Waals surface area contributed by atoms with Gasteiger partial charge in [0.15, 0.2) is 0 Å². The summed E-state index contributed by atoms with van der Waals surface area (Å²) in [5.41, 5.74) is 3.96. The Hall–Kier alpha value is -3.72. The Kier molecular flexibility index (Phi) is 5.33. The van der Waals surface area contributed by atoms with Gasteiger partial charge in [-0.1, -0.05) is 0 Å². The van der Waals surface area contributed by atoms with E-state index in [1.165, 1.54) is 17.5 Å². The molecule has 2 amide bonds. The van der Waals surface area contributed by atoms with Gasteiger partial charge in [-0.15, -0.1) is 11.3 Å². The Bertz CT molecular complexity index is 1450. The zero-order valence-corrected chi connectivity index (χ0v) is 19.2. The van der Waals surface area contributed by atoms with Gasteiger partial charge in [-0.2, -0.15) is 0 Å². The highest BCUT2D eigenvalue weighted by Crippen LogP contribution is 2.39. The Balaban J connectivity index is 1.49. The topological polar surface area (TPSA) is 98.0 Å². The van der Waals surface area contributed by atoms with Gasteiger partial charge in [0, 0.05) is 37.1 Å². The van der Waals surface area contributed by atoms with E-state index in [0.29, 0.717) is 21.8 Å². The van der Waals surface area contributed by atoms with Crippen molar-refractivity contribution in [1.29, 1.82) is 0 Å². The van der Waals surface area contributed by atoms with Crippen LogP contribution in [0.3, 0.4) is 0 Å². The summed E-state index contributed by atoms with van der Waals surface area (Å²) in [5.74, 6) is -0.562. The average molecular weight is 462 g/mol. The average Bonchev–Trinajstić information content (AvgIpc) is 3.30. The first-order chi connectivity index (χ1) is 15.9. The summed E-state index contributed by atoms with van der Waals surface area (Å²) in [6, 6.07) is 8.79. The maximum Gasteiger partial charge on any atom is 0.328 e. The molecule has 1 aliphatic rings. The molecule has 1 aromatic carbocycles. The molecule has 0 fully saturated rings. The second kappa shape index (κ2) is 8.32. The van der Waals surface area contributed by atoms with Crippen molar-refractivity contribution in [3.05, 3.63) is 74.8 Å². The number of thiophene rings is 1. The molecule has 3 aromatic heterocycles. The number of nitrogens with zero attached hydrogens (tertiary/aromatic N) is 3. The number of aromatic nitrogens is 3. The lowest BCUT2D eigenvalue weighted by Gasteiger charge is -2.13. The molecule has 8 nitrogen and oxygen atoms in total. The number of rotatable bonds is 4. The Morgan fingerprint density at radius 2 is 1.79 bits per heavy atom. The van der Waals surface area contributed by atoms with Crippen LogP contribution in [-0.2, 0) is 26.9 Å². The lowest BCUT2D eigenvalue weighted by molar-refractivity contribution is 0.102. The molecule has 9 heteroatoms. The summed E-state index contributed by atoms with van der Waals surface area (Å²) in [5, 5.41) is 6.46. The molecule has 0 unspecified atom stereocenters. The van der Waals surface area contributed by atoms with Crippen LogP contribution < -0.4 is 16.3 Å². The number of hydrogen-bond donors (Lipinski definition) is 2. The quantitative estimate of drug-likeness (QED) is 0.484. The number of aryl methyl sites for hydroxylation is 3. The summed E-state index contributed by atoms with van der Waals surface area (Å²) < 4.78 is 3.12. The molecule has 4 aromatic rings. The lowest BCUT2D eigenvalue weighted by Crippen LogP contribution is -2.19. The summed E-state index contributed by atoms with van der Waals surface area (Å²) in [4.78, 5) is 43.6. The molecule has 1 aliphatic carbocycles. The van der Waals surface area contributed by atoms with Gasteiger partial charge >= 0.3 is 5.69 Å². The summed E-state index contributed by atoms with van der Waals surface area (Å²) in [6.07, 6.45) is 6.91. The van der Waals surface area contributed by atoms with Crippen molar-refractivity contribution in [2.75, 3.05) is 10.6 Å². The predicted molar refractivity (Wildman–Crippen MR) is 129 cm³/mol. The van der Waals surface area contributed by atoms with Gasteiger partial charge in [0.2, 0.25) is 0 Å². The van der Waals surface area contributed by atoms with Crippen molar-refractivity contribution >= 4 is 44.9 Å². The van der Waals surface area contributed by atoms with Crippen molar-refractivity contribution in [2.45, 2.75) is 25.7 Å². The Morgan fingerprint density at radius 3 is 2.58 bits per heavy atom. The van der Waals surface area contributed by atoms with Crippen molar-refractivity contribution in [1.82, 2.24) is 14.1 Å². The standard InChI is InChI=1S/C24H23N5O3S/c1-28-17-10-9-15(12-18(17)29(2)24(28)32)26-22(31)20-16-7-3-4-8-19(16)33-23(20)27-21(30)14-6-5-11-25-13-14/h5-6,9-13H,3-4,7-8H2,1-2H3,(H,26,31)(H,27,30). The lowest BCUT2D eigenvalue weighted by atomic mass is 9.95. The molecule has 0 atom stereocenters. The van der Waals surface area contributed by atoms with E-state index < -0.39 is 0 Å². The van der Waals surface area contributed by atoms with Gasteiger partial charge in [0.25, 0.3) is 11.8 Å². The maximum absolute atomic E-state index is 13.4. The van der Waals surface area contributed by atoms with Crippen molar-refractivity contribution in [3.63, 3.8) is 0 Å². The Labute approximate surface area is 193 Å². The van der Waals surface area contributed by atoms with E-state index in [0.717, 1.165) is 47.2 Å². The minimum atomic E-state index is -0.295. The molecule has 33 heavy (non-hydrogen) atoms. The SMILES string of the molecule is Cn1c(=O)n(C)c2cc(NC(=O)c3c(NC(=O)c4cccnc4)sc4c3CCCC4)ccc21. The third kappa shape index (κ3) is 3.74. The molecule has 0 bridgehead atoms. The molecule has 0 aliphatic heterocycles. The minimum Gasteiger partial charge on any atom is -0.322 e. The summed E-state index contributed by atoms with van der Waals surface area (Å²) in [7, 11) is 3.43. The number of anilines is 2. The third-order valence-electron chi connectivity index (χ3n) is 6.08. The summed E-state index contributed by atoms with van der Waals surface area (Å²) in [6.45, 7) is 0. The fourth-order valence-electron chi connectivity index (χ4n) is 4.34. The number of carbonyl (C=O) groups excluding carboxylic acids is 2. The monoisotopic (exact) mass is 461 g/mol. The van der Waals surface area contributed by atoms with Gasteiger partial charge in [-0.05, 0) is 61.6 Å². The number of benzene rings is 1.